The Hall–Kier alpha value is -2.14. The summed E-state index contributed by atoms with van der Waals surface area (Å²) in [4.78, 5) is 23.3. The minimum atomic E-state index is -1.03. The van der Waals surface area contributed by atoms with E-state index in [2.05, 4.69) is 16.1 Å². The zero-order chi connectivity index (χ0) is 14.7. The number of nitrogens with zero attached hydrogens (tertiary/aromatic N) is 1. The van der Waals surface area contributed by atoms with Crippen LogP contribution >= 0.6 is 16.1 Å². The quantitative estimate of drug-likeness (QED) is 0.872. The molecular formula is C15H12BrNO3. The number of aryl methyl sites for hydroxylation is 1. The lowest BCUT2D eigenvalue weighted by Gasteiger charge is -2.15. The van der Waals surface area contributed by atoms with Crippen molar-refractivity contribution < 1.29 is 14.7 Å². The van der Waals surface area contributed by atoms with E-state index < -0.39 is 5.97 Å². The summed E-state index contributed by atoms with van der Waals surface area (Å²) in [5, 5.41) is 8.96. The number of carboxylic acid groups (broad SMARTS) is 1. The summed E-state index contributed by atoms with van der Waals surface area (Å²) in [5.41, 5.74) is 2.11. The molecule has 2 aromatic carbocycles. The zero-order valence-electron chi connectivity index (χ0n) is 10.7. The van der Waals surface area contributed by atoms with Crippen molar-refractivity contribution in [1.29, 1.82) is 0 Å². The average molecular weight is 334 g/mol. The number of carbonyl (C=O) groups excluding carboxylic acids is 1. The van der Waals surface area contributed by atoms with Crippen LogP contribution in [0.3, 0.4) is 0 Å². The number of hydrogen-bond donors (Lipinski definition) is 1. The van der Waals surface area contributed by atoms with Crippen molar-refractivity contribution in [3.05, 3.63) is 65.2 Å². The third-order valence-electron chi connectivity index (χ3n) is 2.76. The Morgan fingerprint density at radius 2 is 1.70 bits per heavy atom. The molecule has 0 aliphatic rings. The van der Waals surface area contributed by atoms with E-state index in [4.69, 9.17) is 5.11 Å². The van der Waals surface area contributed by atoms with Gasteiger partial charge >= 0.3 is 5.97 Å². The third-order valence-corrected chi connectivity index (χ3v) is 3.49. The smallest absolute Gasteiger partial charge is 0.335 e. The van der Waals surface area contributed by atoms with Crippen molar-refractivity contribution in [2.45, 2.75) is 6.92 Å². The largest absolute Gasteiger partial charge is 0.478 e. The number of benzene rings is 2. The molecule has 4 nitrogen and oxygen atoms in total. The minimum absolute atomic E-state index is 0.129. The molecule has 20 heavy (non-hydrogen) atoms. The van der Waals surface area contributed by atoms with Crippen molar-refractivity contribution in [3.63, 3.8) is 0 Å². The number of rotatable bonds is 3. The molecule has 5 heteroatoms. The van der Waals surface area contributed by atoms with Gasteiger partial charge in [0.2, 0.25) is 0 Å². The lowest BCUT2D eigenvalue weighted by Crippen LogP contribution is -2.20. The second kappa shape index (κ2) is 5.88. The highest BCUT2D eigenvalue weighted by Gasteiger charge is 2.16. The van der Waals surface area contributed by atoms with Gasteiger partial charge in [0.15, 0.2) is 0 Å². The molecule has 0 bridgehead atoms. The van der Waals surface area contributed by atoms with E-state index in [0.717, 1.165) is 5.56 Å². The van der Waals surface area contributed by atoms with Gasteiger partial charge in [0, 0.05) is 5.56 Å². The Labute approximate surface area is 125 Å². The third kappa shape index (κ3) is 3.05. The standard InChI is InChI=1S/C15H12BrNO3/c1-10-4-2-5-11(8-10)14(18)17(16)13-7-3-6-12(9-13)15(19)20/h2-9H,1H3,(H,19,20). The predicted molar refractivity (Wildman–Crippen MR) is 80.3 cm³/mol. The van der Waals surface area contributed by atoms with Gasteiger partial charge < -0.3 is 5.11 Å². The van der Waals surface area contributed by atoms with Crippen molar-refractivity contribution in [1.82, 2.24) is 0 Å². The van der Waals surface area contributed by atoms with E-state index in [1.165, 1.54) is 16.1 Å². The fraction of sp³-hybridized carbons (Fsp3) is 0.0667. The summed E-state index contributed by atoms with van der Waals surface area (Å²) >= 11 is 3.19. The van der Waals surface area contributed by atoms with Crippen LogP contribution in [0, 0.1) is 6.92 Å². The number of amides is 1. The molecule has 0 saturated carbocycles. The van der Waals surface area contributed by atoms with Gasteiger partial charge in [0.25, 0.3) is 5.91 Å². The molecule has 0 aromatic heterocycles. The van der Waals surface area contributed by atoms with Crippen molar-refractivity contribution in [3.8, 4) is 0 Å². The molecule has 0 aliphatic carbocycles. The van der Waals surface area contributed by atoms with Gasteiger partial charge in [-0.25, -0.2) is 8.72 Å². The summed E-state index contributed by atoms with van der Waals surface area (Å²) < 4.78 is 1.26. The maximum absolute atomic E-state index is 12.3. The maximum atomic E-state index is 12.3. The molecule has 102 valence electrons. The SMILES string of the molecule is Cc1cccc(C(=O)N(Br)c2cccc(C(=O)O)c2)c1. The van der Waals surface area contributed by atoms with Gasteiger partial charge in [-0.3, -0.25) is 4.79 Å². The summed E-state index contributed by atoms with van der Waals surface area (Å²) in [5.74, 6) is -1.29. The molecule has 0 heterocycles. The monoisotopic (exact) mass is 333 g/mol. The van der Waals surface area contributed by atoms with Gasteiger partial charge in [0.1, 0.15) is 0 Å². The lowest BCUT2D eigenvalue weighted by molar-refractivity contribution is 0.0696. The fourth-order valence-corrected chi connectivity index (χ4v) is 2.20. The first-order chi connectivity index (χ1) is 9.49. The van der Waals surface area contributed by atoms with Crippen LogP contribution in [0.25, 0.3) is 0 Å². The van der Waals surface area contributed by atoms with Gasteiger partial charge in [-0.05, 0) is 37.3 Å². The first kappa shape index (κ1) is 14.3. The molecule has 2 aromatic rings. The number of aromatic carboxylic acids is 1. The number of halogens is 1. The molecule has 0 atom stereocenters. The van der Waals surface area contributed by atoms with Gasteiger partial charge in [-0.1, -0.05) is 23.8 Å². The summed E-state index contributed by atoms with van der Waals surface area (Å²) in [7, 11) is 0. The Kier molecular flexibility index (Phi) is 4.20. The average Bonchev–Trinajstić information content (AvgIpc) is 2.45. The van der Waals surface area contributed by atoms with E-state index in [-0.39, 0.29) is 11.5 Å². The summed E-state index contributed by atoms with van der Waals surface area (Å²) in [6.07, 6.45) is 0. The Morgan fingerprint density at radius 3 is 2.35 bits per heavy atom. The van der Waals surface area contributed by atoms with Gasteiger partial charge in [-0.2, -0.15) is 0 Å². The molecule has 0 aliphatic heterocycles. The van der Waals surface area contributed by atoms with Crippen LogP contribution in [-0.2, 0) is 0 Å². The Bertz CT molecular complexity index is 670. The van der Waals surface area contributed by atoms with Crippen molar-refractivity contribution >= 4 is 33.7 Å². The zero-order valence-corrected chi connectivity index (χ0v) is 12.3. The van der Waals surface area contributed by atoms with Crippen LogP contribution in [-0.4, -0.2) is 17.0 Å². The highest BCUT2D eigenvalue weighted by molar-refractivity contribution is 9.10. The van der Waals surface area contributed by atoms with Crippen LogP contribution in [0.2, 0.25) is 0 Å². The summed E-state index contributed by atoms with van der Waals surface area (Å²) in [6, 6.07) is 13.4. The lowest BCUT2D eigenvalue weighted by atomic mass is 10.1. The van der Waals surface area contributed by atoms with E-state index in [1.807, 2.05) is 13.0 Å². The van der Waals surface area contributed by atoms with Crippen LogP contribution in [0.15, 0.2) is 48.5 Å². The van der Waals surface area contributed by atoms with E-state index >= 15 is 0 Å². The Balaban J connectivity index is 2.31. The van der Waals surface area contributed by atoms with E-state index in [9.17, 15) is 9.59 Å². The fourth-order valence-electron chi connectivity index (χ4n) is 1.77. The molecule has 0 fully saturated rings. The first-order valence-corrected chi connectivity index (χ1v) is 6.60. The number of carboxylic acids is 1. The Morgan fingerprint density at radius 1 is 1.05 bits per heavy atom. The van der Waals surface area contributed by atoms with Crippen LogP contribution < -0.4 is 3.93 Å². The summed E-state index contributed by atoms with van der Waals surface area (Å²) in [6.45, 7) is 1.90. The van der Waals surface area contributed by atoms with Gasteiger partial charge in [-0.15, -0.1) is 0 Å². The van der Waals surface area contributed by atoms with Crippen LogP contribution in [0.5, 0.6) is 0 Å². The second-order valence-electron chi connectivity index (χ2n) is 4.31. The molecule has 0 unspecified atom stereocenters. The van der Waals surface area contributed by atoms with Crippen LogP contribution in [0.1, 0.15) is 26.3 Å². The highest BCUT2D eigenvalue weighted by atomic mass is 79.9. The number of hydrogen-bond acceptors (Lipinski definition) is 2. The van der Waals surface area contributed by atoms with E-state index in [0.29, 0.717) is 11.3 Å². The molecular weight excluding hydrogens is 322 g/mol. The minimum Gasteiger partial charge on any atom is -0.478 e. The van der Waals surface area contributed by atoms with Crippen molar-refractivity contribution in [2.75, 3.05) is 3.93 Å². The van der Waals surface area contributed by atoms with Crippen LogP contribution in [0.4, 0.5) is 5.69 Å². The number of anilines is 1. The molecule has 1 N–H and O–H groups in total. The maximum Gasteiger partial charge on any atom is 0.335 e. The first-order valence-electron chi connectivity index (χ1n) is 5.89. The second-order valence-corrected chi connectivity index (χ2v) is 5.02. The topological polar surface area (TPSA) is 57.6 Å². The highest BCUT2D eigenvalue weighted by Crippen LogP contribution is 2.22. The van der Waals surface area contributed by atoms with E-state index in [1.54, 1.807) is 30.3 Å². The molecule has 0 saturated heterocycles. The number of carbonyl (C=O) groups is 2. The predicted octanol–water partition coefficient (Wildman–Crippen LogP) is 3.65. The molecule has 0 radical (unpaired) electrons. The normalized spacial score (nSPS) is 10.1. The molecule has 2 rings (SSSR count). The van der Waals surface area contributed by atoms with Crippen molar-refractivity contribution in [2.24, 2.45) is 0 Å². The molecule has 0 spiro atoms. The molecule has 1 amide bonds. The van der Waals surface area contributed by atoms with Gasteiger partial charge in [0.05, 0.1) is 27.4 Å².